The summed E-state index contributed by atoms with van der Waals surface area (Å²) >= 11 is 5.89. The Kier molecular flexibility index (Phi) is 4.83. The van der Waals surface area contributed by atoms with Gasteiger partial charge in [0.25, 0.3) is 5.91 Å². The minimum absolute atomic E-state index is 0.120. The molecule has 2 aromatic carbocycles. The first kappa shape index (κ1) is 15.4. The molecule has 0 bridgehead atoms. The number of halogens is 1. The van der Waals surface area contributed by atoms with E-state index in [2.05, 4.69) is 5.32 Å². The molecule has 0 radical (unpaired) electrons. The largest absolute Gasteiger partial charge is 0.399 e. The molecule has 110 valence electrons. The molecule has 0 aliphatic rings. The van der Waals surface area contributed by atoms with Crippen LogP contribution in [0.2, 0.25) is 5.02 Å². The predicted molar refractivity (Wildman–Crippen MR) is 84.3 cm³/mol. The fourth-order valence-corrected chi connectivity index (χ4v) is 2.13. The Morgan fingerprint density at radius 2 is 1.95 bits per heavy atom. The number of amides is 1. The number of carbonyl (C=O) groups excluding carboxylic acids is 1. The molecule has 0 fully saturated rings. The first-order valence-electron chi connectivity index (χ1n) is 6.55. The zero-order valence-corrected chi connectivity index (χ0v) is 12.4. The molecule has 4 nitrogen and oxygen atoms in total. The zero-order chi connectivity index (χ0) is 15.4. The van der Waals surface area contributed by atoms with Crippen LogP contribution in [0.1, 0.15) is 27.6 Å². The van der Waals surface area contributed by atoms with Gasteiger partial charge in [-0.15, -0.1) is 0 Å². The fourth-order valence-electron chi connectivity index (χ4n) is 1.96. The molecule has 4 N–H and O–H groups in total. The van der Waals surface area contributed by atoms with Crippen LogP contribution in [0, 0.1) is 6.92 Å². The minimum Gasteiger partial charge on any atom is -0.399 e. The molecule has 21 heavy (non-hydrogen) atoms. The lowest BCUT2D eigenvalue weighted by atomic mass is 10.1. The van der Waals surface area contributed by atoms with Gasteiger partial charge in [0.05, 0.1) is 6.10 Å². The SMILES string of the molecule is Cc1ccc(Cl)cc1C(=O)NCC(O)c1ccc(N)cc1. The number of rotatable bonds is 4. The third-order valence-electron chi connectivity index (χ3n) is 3.22. The van der Waals surface area contributed by atoms with Crippen molar-refractivity contribution in [3.05, 3.63) is 64.2 Å². The van der Waals surface area contributed by atoms with E-state index in [4.69, 9.17) is 17.3 Å². The Morgan fingerprint density at radius 1 is 1.29 bits per heavy atom. The van der Waals surface area contributed by atoms with Crippen molar-refractivity contribution < 1.29 is 9.90 Å². The Balaban J connectivity index is 2.00. The van der Waals surface area contributed by atoms with Gasteiger partial charge in [-0.3, -0.25) is 4.79 Å². The molecule has 0 saturated heterocycles. The number of nitrogens with one attached hydrogen (secondary N) is 1. The Bertz CT molecular complexity index is 641. The van der Waals surface area contributed by atoms with Gasteiger partial charge in [-0.25, -0.2) is 0 Å². The van der Waals surface area contributed by atoms with Gasteiger partial charge in [-0.05, 0) is 42.3 Å². The van der Waals surface area contributed by atoms with Crippen LogP contribution in [0.4, 0.5) is 5.69 Å². The number of aliphatic hydroxyl groups excluding tert-OH is 1. The Hall–Kier alpha value is -2.04. The van der Waals surface area contributed by atoms with Crippen molar-refractivity contribution in [1.29, 1.82) is 0 Å². The molecule has 1 amide bonds. The van der Waals surface area contributed by atoms with E-state index < -0.39 is 6.10 Å². The number of carbonyl (C=O) groups is 1. The molecular weight excluding hydrogens is 288 g/mol. The Morgan fingerprint density at radius 3 is 2.62 bits per heavy atom. The van der Waals surface area contributed by atoms with Crippen molar-refractivity contribution in [3.8, 4) is 0 Å². The highest BCUT2D eigenvalue weighted by Crippen LogP contribution is 2.17. The van der Waals surface area contributed by atoms with E-state index in [1.165, 1.54) is 0 Å². The number of anilines is 1. The molecule has 1 atom stereocenters. The highest BCUT2D eigenvalue weighted by Gasteiger charge is 2.13. The van der Waals surface area contributed by atoms with Gasteiger partial charge in [-0.1, -0.05) is 29.8 Å². The van der Waals surface area contributed by atoms with Crippen LogP contribution >= 0.6 is 11.6 Å². The van der Waals surface area contributed by atoms with Crippen LogP contribution in [0.3, 0.4) is 0 Å². The number of hydrogen-bond donors (Lipinski definition) is 3. The van der Waals surface area contributed by atoms with E-state index in [0.29, 0.717) is 21.8 Å². The van der Waals surface area contributed by atoms with E-state index in [1.54, 1.807) is 42.5 Å². The number of aryl methyl sites for hydroxylation is 1. The maximum atomic E-state index is 12.1. The molecule has 0 heterocycles. The second kappa shape index (κ2) is 6.61. The average molecular weight is 305 g/mol. The monoisotopic (exact) mass is 304 g/mol. The minimum atomic E-state index is -0.783. The second-order valence-corrected chi connectivity index (χ2v) is 5.29. The summed E-state index contributed by atoms with van der Waals surface area (Å²) in [6.45, 7) is 1.95. The molecule has 0 aromatic heterocycles. The topological polar surface area (TPSA) is 75.3 Å². The maximum absolute atomic E-state index is 12.1. The molecule has 2 aromatic rings. The third-order valence-corrected chi connectivity index (χ3v) is 3.46. The molecule has 0 aliphatic heterocycles. The molecule has 1 unspecified atom stereocenters. The standard InChI is InChI=1S/C16H17ClN2O2/c1-10-2-5-12(17)8-14(10)16(21)19-9-15(20)11-3-6-13(18)7-4-11/h2-8,15,20H,9,18H2,1H3,(H,19,21). The lowest BCUT2D eigenvalue weighted by molar-refractivity contribution is 0.0915. The summed E-state index contributed by atoms with van der Waals surface area (Å²) in [6.07, 6.45) is -0.783. The molecule has 5 heteroatoms. The van der Waals surface area contributed by atoms with Crippen LogP contribution in [-0.4, -0.2) is 17.6 Å². The molecule has 0 aliphatic carbocycles. The summed E-state index contributed by atoms with van der Waals surface area (Å²) in [5, 5.41) is 13.3. The van der Waals surface area contributed by atoms with Gasteiger partial charge in [-0.2, -0.15) is 0 Å². The number of aliphatic hydroxyl groups is 1. The second-order valence-electron chi connectivity index (χ2n) is 4.85. The van der Waals surface area contributed by atoms with Gasteiger partial charge in [0, 0.05) is 22.8 Å². The van der Waals surface area contributed by atoms with Gasteiger partial charge >= 0.3 is 0 Å². The van der Waals surface area contributed by atoms with E-state index in [-0.39, 0.29) is 12.5 Å². The van der Waals surface area contributed by atoms with Crippen molar-refractivity contribution in [2.75, 3.05) is 12.3 Å². The predicted octanol–water partition coefficient (Wildman–Crippen LogP) is 2.69. The quantitative estimate of drug-likeness (QED) is 0.760. The fraction of sp³-hybridized carbons (Fsp3) is 0.188. The average Bonchev–Trinajstić information content (AvgIpc) is 2.47. The van der Waals surface area contributed by atoms with Crippen LogP contribution in [0.5, 0.6) is 0 Å². The van der Waals surface area contributed by atoms with Crippen LogP contribution in [0.25, 0.3) is 0 Å². The van der Waals surface area contributed by atoms with E-state index >= 15 is 0 Å². The molecule has 0 saturated carbocycles. The highest BCUT2D eigenvalue weighted by molar-refractivity contribution is 6.31. The number of benzene rings is 2. The van der Waals surface area contributed by atoms with Gasteiger partial charge in [0.2, 0.25) is 0 Å². The number of hydrogen-bond acceptors (Lipinski definition) is 3. The van der Waals surface area contributed by atoms with Gasteiger partial charge in [0.15, 0.2) is 0 Å². The smallest absolute Gasteiger partial charge is 0.251 e. The molecule has 0 spiro atoms. The third kappa shape index (κ3) is 3.97. The Labute approximate surface area is 128 Å². The summed E-state index contributed by atoms with van der Waals surface area (Å²) in [6, 6.07) is 12.0. The molecule has 2 rings (SSSR count). The van der Waals surface area contributed by atoms with Crippen LogP contribution in [0.15, 0.2) is 42.5 Å². The van der Waals surface area contributed by atoms with E-state index in [9.17, 15) is 9.90 Å². The van der Waals surface area contributed by atoms with E-state index in [0.717, 1.165) is 5.56 Å². The summed E-state index contributed by atoms with van der Waals surface area (Å²) in [5.74, 6) is -0.260. The van der Waals surface area contributed by atoms with Crippen molar-refractivity contribution in [3.63, 3.8) is 0 Å². The first-order chi connectivity index (χ1) is 9.97. The van der Waals surface area contributed by atoms with Crippen molar-refractivity contribution in [1.82, 2.24) is 5.32 Å². The van der Waals surface area contributed by atoms with Gasteiger partial charge in [0.1, 0.15) is 0 Å². The summed E-state index contributed by atoms with van der Waals surface area (Å²) < 4.78 is 0. The summed E-state index contributed by atoms with van der Waals surface area (Å²) in [5.41, 5.74) is 8.26. The van der Waals surface area contributed by atoms with Crippen molar-refractivity contribution in [2.45, 2.75) is 13.0 Å². The zero-order valence-electron chi connectivity index (χ0n) is 11.6. The maximum Gasteiger partial charge on any atom is 0.251 e. The van der Waals surface area contributed by atoms with Gasteiger partial charge < -0.3 is 16.2 Å². The number of nitrogen functional groups attached to an aromatic ring is 1. The molecular formula is C16H17ClN2O2. The van der Waals surface area contributed by atoms with Crippen LogP contribution in [-0.2, 0) is 0 Å². The lowest BCUT2D eigenvalue weighted by Gasteiger charge is -2.13. The van der Waals surface area contributed by atoms with Crippen molar-refractivity contribution >= 4 is 23.2 Å². The normalized spacial score (nSPS) is 12.0. The first-order valence-corrected chi connectivity index (χ1v) is 6.93. The summed E-state index contributed by atoms with van der Waals surface area (Å²) in [7, 11) is 0. The lowest BCUT2D eigenvalue weighted by Crippen LogP contribution is -2.28. The summed E-state index contributed by atoms with van der Waals surface area (Å²) in [4.78, 5) is 12.1. The van der Waals surface area contributed by atoms with E-state index in [1.807, 2.05) is 6.92 Å². The van der Waals surface area contributed by atoms with Crippen molar-refractivity contribution in [2.24, 2.45) is 0 Å². The number of nitrogens with two attached hydrogens (primary N) is 1. The highest BCUT2D eigenvalue weighted by atomic mass is 35.5. The van der Waals surface area contributed by atoms with Crippen LogP contribution < -0.4 is 11.1 Å².